The maximum absolute atomic E-state index is 12.8. The van der Waals surface area contributed by atoms with Crippen molar-refractivity contribution >= 4 is 12.0 Å². The van der Waals surface area contributed by atoms with Gasteiger partial charge in [-0.15, -0.1) is 0 Å². The van der Waals surface area contributed by atoms with Crippen LogP contribution in [0.25, 0.3) is 17.5 Å². The van der Waals surface area contributed by atoms with Crippen LogP contribution in [-0.4, -0.2) is 37.3 Å². The number of aromatic nitrogens is 4. The Morgan fingerprint density at radius 1 is 1.33 bits per heavy atom. The van der Waals surface area contributed by atoms with E-state index >= 15 is 0 Å². The lowest BCUT2D eigenvalue weighted by molar-refractivity contribution is -0.128. The number of carbonyl (C=O) groups is 1. The standard InChI is InChI=1S/C19H21N5O3/c1-23-13-14(12-20-23)19-21-18(22-27-19)16-7-3-2-4-10-24(16)17(25)9-8-15-6-5-11-26-15/h5-6,8-9,11-13,16H,2-4,7,10H2,1H3. The van der Waals surface area contributed by atoms with Gasteiger partial charge in [0.25, 0.3) is 5.89 Å². The fraction of sp³-hybridized carbons (Fsp3) is 0.368. The third-order valence-electron chi connectivity index (χ3n) is 4.66. The van der Waals surface area contributed by atoms with Gasteiger partial charge in [-0.2, -0.15) is 10.1 Å². The van der Waals surface area contributed by atoms with Gasteiger partial charge in [0.1, 0.15) is 5.76 Å². The summed E-state index contributed by atoms with van der Waals surface area (Å²) in [6.07, 6.45) is 12.2. The van der Waals surface area contributed by atoms with Crippen LogP contribution in [0.5, 0.6) is 0 Å². The second-order valence-electron chi connectivity index (χ2n) is 6.61. The molecule has 140 valence electrons. The zero-order chi connectivity index (χ0) is 18.6. The second kappa shape index (κ2) is 7.61. The number of rotatable bonds is 4. The molecule has 1 atom stereocenters. The minimum atomic E-state index is -0.199. The Balaban J connectivity index is 1.56. The van der Waals surface area contributed by atoms with E-state index in [9.17, 15) is 4.79 Å². The van der Waals surface area contributed by atoms with Crippen molar-refractivity contribution in [1.82, 2.24) is 24.8 Å². The van der Waals surface area contributed by atoms with E-state index in [-0.39, 0.29) is 11.9 Å². The first-order chi connectivity index (χ1) is 13.2. The molecule has 0 N–H and O–H groups in total. The maximum atomic E-state index is 12.8. The van der Waals surface area contributed by atoms with Crippen molar-refractivity contribution in [2.45, 2.75) is 31.7 Å². The molecule has 3 aromatic heterocycles. The molecule has 8 nitrogen and oxygen atoms in total. The minimum Gasteiger partial charge on any atom is -0.465 e. The summed E-state index contributed by atoms with van der Waals surface area (Å²) in [7, 11) is 1.83. The molecule has 0 aliphatic carbocycles. The lowest BCUT2D eigenvalue weighted by Crippen LogP contribution is -2.34. The molecule has 0 aromatic carbocycles. The lowest BCUT2D eigenvalue weighted by atomic mass is 10.1. The van der Waals surface area contributed by atoms with E-state index in [1.807, 2.05) is 24.2 Å². The summed E-state index contributed by atoms with van der Waals surface area (Å²) in [6, 6.07) is 3.40. The Bertz CT molecular complexity index is 925. The smallest absolute Gasteiger partial charge is 0.261 e. The van der Waals surface area contributed by atoms with Gasteiger partial charge in [0, 0.05) is 25.9 Å². The van der Waals surface area contributed by atoms with Crippen molar-refractivity contribution in [3.63, 3.8) is 0 Å². The Labute approximate surface area is 156 Å². The van der Waals surface area contributed by atoms with E-state index in [2.05, 4.69) is 15.2 Å². The first-order valence-corrected chi connectivity index (χ1v) is 9.05. The Kier molecular flexibility index (Phi) is 4.86. The third-order valence-corrected chi connectivity index (χ3v) is 4.66. The molecule has 0 spiro atoms. The summed E-state index contributed by atoms with van der Waals surface area (Å²) in [4.78, 5) is 19.2. The number of amides is 1. The van der Waals surface area contributed by atoms with Gasteiger partial charge < -0.3 is 13.8 Å². The van der Waals surface area contributed by atoms with E-state index in [4.69, 9.17) is 8.94 Å². The number of aryl methyl sites for hydroxylation is 1. The molecule has 1 unspecified atom stereocenters. The molecule has 1 fully saturated rings. The van der Waals surface area contributed by atoms with Gasteiger partial charge in [-0.1, -0.05) is 18.0 Å². The molecule has 1 amide bonds. The van der Waals surface area contributed by atoms with Crippen LogP contribution in [0.4, 0.5) is 0 Å². The molecule has 1 saturated heterocycles. The summed E-state index contributed by atoms with van der Waals surface area (Å²) in [5.74, 6) is 1.52. The topological polar surface area (TPSA) is 90.2 Å². The quantitative estimate of drug-likeness (QED) is 0.658. The van der Waals surface area contributed by atoms with Crippen molar-refractivity contribution in [2.75, 3.05) is 6.54 Å². The summed E-state index contributed by atoms with van der Waals surface area (Å²) in [5, 5.41) is 8.28. The molecule has 4 rings (SSSR count). The van der Waals surface area contributed by atoms with Gasteiger partial charge in [-0.25, -0.2) is 0 Å². The molecule has 1 aliphatic heterocycles. The Morgan fingerprint density at radius 2 is 2.26 bits per heavy atom. The fourth-order valence-corrected chi connectivity index (χ4v) is 3.29. The van der Waals surface area contributed by atoms with Gasteiger partial charge in [-0.3, -0.25) is 9.48 Å². The van der Waals surface area contributed by atoms with E-state index in [0.717, 1.165) is 31.2 Å². The van der Waals surface area contributed by atoms with E-state index < -0.39 is 0 Å². The minimum absolute atomic E-state index is 0.0778. The first-order valence-electron chi connectivity index (χ1n) is 9.05. The van der Waals surface area contributed by atoms with E-state index in [1.165, 1.54) is 0 Å². The predicted molar refractivity (Wildman–Crippen MR) is 97.2 cm³/mol. The number of hydrogen-bond donors (Lipinski definition) is 0. The number of nitrogens with zero attached hydrogens (tertiary/aromatic N) is 5. The summed E-state index contributed by atoms with van der Waals surface area (Å²) in [6.45, 7) is 0.669. The van der Waals surface area contributed by atoms with Crippen LogP contribution in [0.3, 0.4) is 0 Å². The SMILES string of the molecule is Cn1cc(-c2nc(C3CCCCCN3C(=O)C=Cc3ccco3)no2)cn1. The maximum Gasteiger partial charge on any atom is 0.261 e. The highest BCUT2D eigenvalue weighted by atomic mass is 16.5. The Morgan fingerprint density at radius 3 is 3.04 bits per heavy atom. The number of carbonyl (C=O) groups excluding carboxylic acids is 1. The van der Waals surface area contributed by atoms with Crippen LogP contribution in [0.2, 0.25) is 0 Å². The fourth-order valence-electron chi connectivity index (χ4n) is 3.29. The monoisotopic (exact) mass is 367 g/mol. The molecule has 0 radical (unpaired) electrons. The molecule has 8 heteroatoms. The van der Waals surface area contributed by atoms with Gasteiger partial charge in [0.05, 0.1) is 24.1 Å². The van der Waals surface area contributed by atoms with Crippen molar-refractivity contribution in [3.8, 4) is 11.5 Å². The zero-order valence-electron chi connectivity index (χ0n) is 15.1. The zero-order valence-corrected chi connectivity index (χ0v) is 15.1. The van der Waals surface area contributed by atoms with Gasteiger partial charge in [0.2, 0.25) is 5.91 Å². The van der Waals surface area contributed by atoms with Crippen LogP contribution in [-0.2, 0) is 11.8 Å². The normalized spacial score (nSPS) is 18.1. The van der Waals surface area contributed by atoms with Gasteiger partial charge in [-0.05, 0) is 31.1 Å². The average molecular weight is 367 g/mol. The molecule has 0 bridgehead atoms. The van der Waals surface area contributed by atoms with Crippen LogP contribution in [0.15, 0.2) is 45.8 Å². The lowest BCUT2D eigenvalue weighted by Gasteiger charge is -2.26. The summed E-state index contributed by atoms with van der Waals surface area (Å²) in [5.41, 5.74) is 0.764. The number of likely N-dealkylation sites (tertiary alicyclic amines) is 1. The Hall–Kier alpha value is -3.16. The highest BCUT2D eigenvalue weighted by Gasteiger charge is 2.29. The van der Waals surface area contributed by atoms with Crippen molar-refractivity contribution in [3.05, 3.63) is 48.5 Å². The molecular formula is C19H21N5O3. The van der Waals surface area contributed by atoms with E-state index in [1.54, 1.807) is 35.4 Å². The number of hydrogen-bond acceptors (Lipinski definition) is 6. The van der Waals surface area contributed by atoms with Crippen LogP contribution in [0, 0.1) is 0 Å². The third kappa shape index (κ3) is 3.84. The van der Waals surface area contributed by atoms with Crippen LogP contribution in [0.1, 0.15) is 43.3 Å². The highest BCUT2D eigenvalue weighted by molar-refractivity contribution is 5.91. The van der Waals surface area contributed by atoms with Crippen LogP contribution >= 0.6 is 0 Å². The largest absolute Gasteiger partial charge is 0.465 e. The molecule has 0 saturated carbocycles. The van der Waals surface area contributed by atoms with Crippen molar-refractivity contribution < 1.29 is 13.7 Å². The van der Waals surface area contributed by atoms with Gasteiger partial charge in [0.15, 0.2) is 5.82 Å². The second-order valence-corrected chi connectivity index (χ2v) is 6.61. The van der Waals surface area contributed by atoms with Crippen molar-refractivity contribution in [2.24, 2.45) is 7.05 Å². The highest BCUT2D eigenvalue weighted by Crippen LogP contribution is 2.30. The predicted octanol–water partition coefficient (Wildman–Crippen LogP) is 3.22. The van der Waals surface area contributed by atoms with Crippen molar-refractivity contribution in [1.29, 1.82) is 0 Å². The number of furan rings is 1. The van der Waals surface area contributed by atoms with Gasteiger partial charge >= 0.3 is 0 Å². The molecule has 4 heterocycles. The molecule has 3 aromatic rings. The molecular weight excluding hydrogens is 346 g/mol. The molecule has 27 heavy (non-hydrogen) atoms. The first kappa shape index (κ1) is 17.3. The summed E-state index contributed by atoms with van der Waals surface area (Å²) < 4.78 is 12.4. The van der Waals surface area contributed by atoms with Crippen LogP contribution < -0.4 is 0 Å². The summed E-state index contributed by atoms with van der Waals surface area (Å²) >= 11 is 0. The van der Waals surface area contributed by atoms with E-state index in [0.29, 0.717) is 24.0 Å². The average Bonchev–Trinajstić information content (AvgIpc) is 3.39. The molecule has 1 aliphatic rings.